The summed E-state index contributed by atoms with van der Waals surface area (Å²) in [6.07, 6.45) is 26.8. The maximum absolute atomic E-state index is 6.30. The number of hydrogen-bond acceptors (Lipinski definition) is 1. The van der Waals surface area contributed by atoms with E-state index in [0.29, 0.717) is 6.10 Å². The fraction of sp³-hybridized carbons (Fsp3) is 1.00. The Balaban J connectivity index is 1.35. The van der Waals surface area contributed by atoms with Crippen LogP contribution in [0.15, 0.2) is 0 Å². The molecule has 0 radical (unpaired) electrons. The van der Waals surface area contributed by atoms with E-state index in [1.807, 2.05) is 0 Å². The molecule has 0 amide bonds. The Labute approximate surface area is 176 Å². The van der Waals surface area contributed by atoms with Crippen LogP contribution in [-0.4, -0.2) is 12.7 Å². The van der Waals surface area contributed by atoms with Crippen LogP contribution in [0, 0.1) is 29.6 Å². The smallest absolute Gasteiger partial charge is 0.0578 e. The molecule has 0 spiro atoms. The van der Waals surface area contributed by atoms with Gasteiger partial charge in [0.25, 0.3) is 0 Å². The first-order chi connectivity index (χ1) is 13.8. The van der Waals surface area contributed by atoms with Gasteiger partial charge in [-0.1, -0.05) is 78.1 Å². The van der Waals surface area contributed by atoms with E-state index in [9.17, 15) is 0 Å². The third kappa shape index (κ3) is 6.75. The molecule has 6 atom stereocenters. The van der Waals surface area contributed by atoms with Crippen LogP contribution in [0.25, 0.3) is 0 Å². The average Bonchev–Trinajstić information content (AvgIpc) is 2.73. The molecular weight excluding hydrogens is 340 g/mol. The lowest BCUT2D eigenvalue weighted by Gasteiger charge is -2.50. The van der Waals surface area contributed by atoms with Gasteiger partial charge in [0.15, 0.2) is 0 Å². The molecule has 0 heterocycles. The van der Waals surface area contributed by atoms with E-state index in [4.69, 9.17) is 4.74 Å². The monoisotopic (exact) mass is 390 g/mol. The molecule has 0 aromatic rings. The Morgan fingerprint density at radius 1 is 0.607 bits per heavy atom. The van der Waals surface area contributed by atoms with Gasteiger partial charge in [-0.05, 0) is 81.0 Å². The lowest BCUT2D eigenvalue weighted by Crippen LogP contribution is -2.42. The second-order valence-corrected chi connectivity index (χ2v) is 10.7. The minimum absolute atomic E-state index is 0.596. The number of fused-ring (bicyclic) bond motifs is 3. The lowest BCUT2D eigenvalue weighted by atomic mass is 9.56. The molecule has 0 aromatic heterocycles. The predicted molar refractivity (Wildman–Crippen MR) is 122 cm³/mol. The van der Waals surface area contributed by atoms with Crippen LogP contribution in [-0.2, 0) is 4.74 Å². The van der Waals surface area contributed by atoms with Crippen molar-refractivity contribution >= 4 is 0 Å². The molecule has 3 fully saturated rings. The average molecular weight is 391 g/mol. The zero-order chi connectivity index (χ0) is 19.6. The Hall–Kier alpha value is -0.0400. The summed E-state index contributed by atoms with van der Waals surface area (Å²) in [5.74, 6) is 5.30. The summed E-state index contributed by atoms with van der Waals surface area (Å²) in [7, 11) is 0. The van der Waals surface area contributed by atoms with Gasteiger partial charge in [0, 0.05) is 6.61 Å². The maximum Gasteiger partial charge on any atom is 0.0578 e. The summed E-state index contributed by atoms with van der Waals surface area (Å²) in [6.45, 7) is 5.64. The first-order valence-electron chi connectivity index (χ1n) is 13.4. The number of ether oxygens (including phenoxy) is 1. The number of rotatable bonds is 12. The third-order valence-electron chi connectivity index (χ3n) is 8.67. The number of hydrogen-bond donors (Lipinski definition) is 0. The van der Waals surface area contributed by atoms with Crippen LogP contribution < -0.4 is 0 Å². The first kappa shape index (κ1) is 22.6. The highest BCUT2D eigenvalue weighted by molar-refractivity contribution is 4.94. The third-order valence-corrected chi connectivity index (χ3v) is 8.67. The molecule has 0 aromatic carbocycles. The molecule has 3 rings (SSSR count). The molecule has 0 aliphatic heterocycles. The molecule has 0 saturated heterocycles. The standard InChI is InChI=1S/C27H50O/c1-3-5-7-9-10-12-22-13-17-26-23(20-22)14-15-24-21-25(16-18-27(24)26)28-19-11-8-6-4-2/h22-27H,3-21H2,1-2H3/t22-,23?,24?,25-,26?,27?/m1/s1. The van der Waals surface area contributed by atoms with Crippen LogP contribution in [0.1, 0.15) is 129 Å². The van der Waals surface area contributed by atoms with Gasteiger partial charge in [-0.2, -0.15) is 0 Å². The highest BCUT2D eigenvalue weighted by Crippen LogP contribution is 2.53. The first-order valence-corrected chi connectivity index (χ1v) is 13.4. The van der Waals surface area contributed by atoms with Crippen LogP contribution in [0.5, 0.6) is 0 Å². The van der Waals surface area contributed by atoms with Crippen molar-refractivity contribution < 1.29 is 4.74 Å². The zero-order valence-corrected chi connectivity index (χ0v) is 19.3. The van der Waals surface area contributed by atoms with Gasteiger partial charge in [-0.25, -0.2) is 0 Å². The molecule has 3 aliphatic carbocycles. The highest BCUT2D eigenvalue weighted by atomic mass is 16.5. The van der Waals surface area contributed by atoms with Crippen molar-refractivity contribution in [2.45, 2.75) is 136 Å². The normalized spacial score (nSPS) is 35.4. The number of unbranched alkanes of at least 4 members (excludes halogenated alkanes) is 7. The van der Waals surface area contributed by atoms with E-state index in [1.165, 1.54) is 89.9 Å². The Morgan fingerprint density at radius 2 is 1.25 bits per heavy atom. The van der Waals surface area contributed by atoms with Crippen molar-refractivity contribution in [2.24, 2.45) is 29.6 Å². The summed E-state index contributed by atoms with van der Waals surface area (Å²) >= 11 is 0. The van der Waals surface area contributed by atoms with Gasteiger partial charge >= 0.3 is 0 Å². The summed E-state index contributed by atoms with van der Waals surface area (Å²) in [4.78, 5) is 0. The molecule has 3 aliphatic rings. The van der Waals surface area contributed by atoms with E-state index in [0.717, 1.165) is 36.2 Å². The quantitative estimate of drug-likeness (QED) is 0.303. The van der Waals surface area contributed by atoms with Crippen LogP contribution in [0.2, 0.25) is 0 Å². The van der Waals surface area contributed by atoms with Crippen molar-refractivity contribution in [1.29, 1.82) is 0 Å². The van der Waals surface area contributed by atoms with Crippen molar-refractivity contribution in [1.82, 2.24) is 0 Å². The van der Waals surface area contributed by atoms with Gasteiger partial charge in [0.05, 0.1) is 6.10 Å². The van der Waals surface area contributed by atoms with Gasteiger partial charge in [-0.15, -0.1) is 0 Å². The van der Waals surface area contributed by atoms with Gasteiger partial charge < -0.3 is 4.74 Å². The fourth-order valence-corrected chi connectivity index (χ4v) is 7.08. The SMILES string of the molecule is CCCCCCC[C@@H]1CCC2C(CCC3C[C@H](OCCCCCC)CCC32)C1. The molecule has 1 nitrogen and oxygen atoms in total. The Kier molecular flexibility index (Phi) is 10.2. The minimum atomic E-state index is 0.596. The molecule has 28 heavy (non-hydrogen) atoms. The summed E-state index contributed by atoms with van der Waals surface area (Å²) in [5.41, 5.74) is 0. The van der Waals surface area contributed by atoms with E-state index < -0.39 is 0 Å². The lowest BCUT2D eigenvalue weighted by molar-refractivity contribution is -0.0539. The van der Waals surface area contributed by atoms with Crippen molar-refractivity contribution in [3.8, 4) is 0 Å². The van der Waals surface area contributed by atoms with E-state index in [1.54, 1.807) is 25.7 Å². The molecule has 164 valence electrons. The van der Waals surface area contributed by atoms with Crippen molar-refractivity contribution in [3.63, 3.8) is 0 Å². The van der Waals surface area contributed by atoms with E-state index in [-0.39, 0.29) is 0 Å². The van der Waals surface area contributed by atoms with Crippen LogP contribution in [0.3, 0.4) is 0 Å². The van der Waals surface area contributed by atoms with Crippen molar-refractivity contribution in [2.75, 3.05) is 6.61 Å². The largest absolute Gasteiger partial charge is 0.378 e. The Bertz CT molecular complexity index is 367. The topological polar surface area (TPSA) is 9.23 Å². The molecule has 1 heteroatoms. The fourth-order valence-electron chi connectivity index (χ4n) is 7.08. The van der Waals surface area contributed by atoms with Gasteiger partial charge in [-0.3, -0.25) is 0 Å². The molecule has 3 saturated carbocycles. The molecular formula is C27H50O. The molecule has 4 unspecified atom stereocenters. The molecule has 0 bridgehead atoms. The van der Waals surface area contributed by atoms with Crippen LogP contribution in [0.4, 0.5) is 0 Å². The summed E-state index contributed by atoms with van der Waals surface area (Å²) in [5, 5.41) is 0. The summed E-state index contributed by atoms with van der Waals surface area (Å²) < 4.78 is 6.30. The van der Waals surface area contributed by atoms with E-state index >= 15 is 0 Å². The maximum atomic E-state index is 6.30. The molecule has 0 N–H and O–H groups in total. The second kappa shape index (κ2) is 12.6. The Morgan fingerprint density at radius 3 is 2.00 bits per heavy atom. The van der Waals surface area contributed by atoms with Gasteiger partial charge in [0.2, 0.25) is 0 Å². The van der Waals surface area contributed by atoms with Crippen LogP contribution >= 0.6 is 0 Å². The van der Waals surface area contributed by atoms with E-state index in [2.05, 4.69) is 13.8 Å². The van der Waals surface area contributed by atoms with Crippen molar-refractivity contribution in [3.05, 3.63) is 0 Å². The minimum Gasteiger partial charge on any atom is -0.378 e. The second-order valence-electron chi connectivity index (χ2n) is 10.7. The zero-order valence-electron chi connectivity index (χ0n) is 19.3. The van der Waals surface area contributed by atoms with Gasteiger partial charge in [0.1, 0.15) is 0 Å². The predicted octanol–water partition coefficient (Wildman–Crippen LogP) is 8.56. The summed E-state index contributed by atoms with van der Waals surface area (Å²) in [6, 6.07) is 0. The highest BCUT2D eigenvalue weighted by Gasteiger charge is 2.44.